The maximum absolute atomic E-state index is 12.8. The van der Waals surface area contributed by atoms with Crippen LogP contribution in [-0.2, 0) is 26.2 Å². The Hall–Kier alpha value is -3.43. The number of thioether (sulfide) groups is 2. The standard InChI is InChI=1S/C19H20N8O5S2/c1-26-19(23-24-25-26)34-7-10-6-33-17-13(16(30)27(17)14(10)18(31)32)22-15(29)12(20)9-3-2-4-11(5-9)21-8-28/h2-5,8,12-13,17H,6-7,20H2,1H3,(H,21,28)(H,22,29)(H,31,32)/t12?,13?,17-/m1/s1. The van der Waals surface area contributed by atoms with Gasteiger partial charge >= 0.3 is 5.97 Å². The van der Waals surface area contributed by atoms with E-state index in [4.69, 9.17) is 5.73 Å². The van der Waals surface area contributed by atoms with Crippen LogP contribution >= 0.6 is 23.5 Å². The summed E-state index contributed by atoms with van der Waals surface area (Å²) >= 11 is 2.63. The second kappa shape index (κ2) is 9.82. The third-order valence-corrected chi connectivity index (χ3v) is 7.69. The SMILES string of the molecule is Cn1nnnc1SCC1=C(C(=O)O)N2C(=O)C(NC(=O)C(N)c3cccc(NC=O)c3)[C@H]2SC1. The molecule has 5 N–H and O–H groups in total. The number of tetrazole rings is 1. The summed E-state index contributed by atoms with van der Waals surface area (Å²) in [5.41, 5.74) is 7.46. The number of carboxylic acid groups (broad SMARTS) is 1. The summed E-state index contributed by atoms with van der Waals surface area (Å²) < 4.78 is 1.47. The average molecular weight is 505 g/mol. The van der Waals surface area contributed by atoms with E-state index >= 15 is 0 Å². The van der Waals surface area contributed by atoms with Crippen molar-refractivity contribution in [1.82, 2.24) is 30.4 Å². The predicted octanol–water partition coefficient (Wildman–Crippen LogP) is -0.691. The van der Waals surface area contributed by atoms with Crippen LogP contribution in [0.5, 0.6) is 0 Å². The Kier molecular flexibility index (Phi) is 6.85. The number of hydrogen-bond donors (Lipinski definition) is 4. The lowest BCUT2D eigenvalue weighted by Crippen LogP contribution is -2.71. The molecule has 2 unspecified atom stereocenters. The van der Waals surface area contributed by atoms with Crippen molar-refractivity contribution in [3.63, 3.8) is 0 Å². The van der Waals surface area contributed by atoms with Gasteiger partial charge in [-0.25, -0.2) is 9.48 Å². The molecule has 1 aromatic carbocycles. The number of carbonyl (C=O) groups excluding carboxylic acids is 3. The molecule has 1 fully saturated rings. The fraction of sp³-hybridized carbons (Fsp3) is 0.316. The normalized spacial score (nSPS) is 20.3. The number of nitrogens with one attached hydrogen (secondary N) is 2. The highest BCUT2D eigenvalue weighted by Crippen LogP contribution is 2.41. The molecule has 1 aromatic heterocycles. The van der Waals surface area contributed by atoms with Crippen LogP contribution in [0.15, 0.2) is 40.7 Å². The van der Waals surface area contributed by atoms with Gasteiger partial charge in [-0.2, -0.15) is 0 Å². The van der Waals surface area contributed by atoms with Gasteiger partial charge in [0.2, 0.25) is 17.5 Å². The first-order chi connectivity index (χ1) is 16.3. The molecule has 3 heterocycles. The van der Waals surface area contributed by atoms with Crippen molar-refractivity contribution in [2.45, 2.75) is 22.6 Å². The van der Waals surface area contributed by atoms with Crippen LogP contribution in [0.25, 0.3) is 0 Å². The molecule has 0 saturated carbocycles. The summed E-state index contributed by atoms with van der Waals surface area (Å²) in [4.78, 5) is 49.4. The van der Waals surface area contributed by atoms with Gasteiger partial charge in [-0.1, -0.05) is 23.9 Å². The van der Waals surface area contributed by atoms with Crippen LogP contribution in [0.1, 0.15) is 11.6 Å². The Labute approximate surface area is 201 Å². The Morgan fingerprint density at radius 3 is 2.91 bits per heavy atom. The van der Waals surface area contributed by atoms with Gasteiger partial charge in [-0.15, -0.1) is 16.9 Å². The molecule has 34 heavy (non-hydrogen) atoms. The number of fused-ring (bicyclic) bond motifs is 1. The monoisotopic (exact) mass is 504 g/mol. The van der Waals surface area contributed by atoms with Gasteiger partial charge in [-0.3, -0.25) is 19.3 Å². The van der Waals surface area contributed by atoms with Crippen LogP contribution < -0.4 is 16.4 Å². The number of anilines is 1. The highest BCUT2D eigenvalue weighted by atomic mass is 32.2. The van der Waals surface area contributed by atoms with Gasteiger partial charge in [0.25, 0.3) is 5.91 Å². The first-order valence-corrected chi connectivity index (χ1v) is 12.0. The van der Waals surface area contributed by atoms with Crippen LogP contribution in [0.3, 0.4) is 0 Å². The topological polar surface area (TPSA) is 185 Å². The summed E-state index contributed by atoms with van der Waals surface area (Å²) in [5.74, 6) is -1.65. The van der Waals surface area contributed by atoms with Gasteiger partial charge in [0, 0.05) is 24.2 Å². The van der Waals surface area contributed by atoms with Crippen molar-refractivity contribution >= 4 is 53.4 Å². The Morgan fingerprint density at radius 1 is 1.44 bits per heavy atom. The molecule has 2 aliphatic heterocycles. The largest absolute Gasteiger partial charge is 0.477 e. The first-order valence-electron chi connectivity index (χ1n) is 9.93. The molecule has 13 nitrogen and oxygen atoms in total. The second-order valence-corrected chi connectivity index (χ2v) is 9.44. The molecule has 178 valence electrons. The minimum absolute atomic E-state index is 0.0844. The molecule has 2 aromatic rings. The summed E-state index contributed by atoms with van der Waals surface area (Å²) in [7, 11) is 1.67. The van der Waals surface area contributed by atoms with Crippen LogP contribution in [0.4, 0.5) is 5.69 Å². The quantitative estimate of drug-likeness (QED) is 0.192. The number of aryl methyl sites for hydroxylation is 1. The fourth-order valence-corrected chi connectivity index (χ4v) is 5.91. The van der Waals surface area contributed by atoms with E-state index in [0.29, 0.717) is 39.9 Å². The number of β-lactam (4-membered cyclic amide) rings is 1. The molecule has 1 saturated heterocycles. The summed E-state index contributed by atoms with van der Waals surface area (Å²) in [6, 6.07) is 4.50. The third-order valence-electron chi connectivity index (χ3n) is 5.26. The van der Waals surface area contributed by atoms with E-state index in [-0.39, 0.29) is 5.70 Å². The van der Waals surface area contributed by atoms with E-state index in [1.807, 2.05) is 0 Å². The number of amides is 3. The molecular weight excluding hydrogens is 484 g/mol. The number of hydrogen-bond acceptors (Lipinski definition) is 10. The Bertz CT molecular complexity index is 1180. The summed E-state index contributed by atoms with van der Waals surface area (Å²) in [5, 5.41) is 26.0. The molecule has 0 aliphatic carbocycles. The molecule has 3 amide bonds. The zero-order valence-corrected chi connectivity index (χ0v) is 19.4. The van der Waals surface area contributed by atoms with E-state index in [1.165, 1.54) is 33.1 Å². The van der Waals surface area contributed by atoms with E-state index in [0.717, 1.165) is 0 Å². The second-order valence-electron chi connectivity index (χ2n) is 7.39. The first kappa shape index (κ1) is 23.7. The van der Waals surface area contributed by atoms with E-state index in [2.05, 4.69) is 26.2 Å². The number of rotatable bonds is 9. The lowest BCUT2D eigenvalue weighted by molar-refractivity contribution is -0.150. The molecule has 4 rings (SSSR count). The van der Waals surface area contributed by atoms with Crippen LogP contribution in [-0.4, -0.2) is 77.3 Å². The number of aromatic nitrogens is 4. The highest BCUT2D eigenvalue weighted by Gasteiger charge is 2.54. The Morgan fingerprint density at radius 2 is 2.24 bits per heavy atom. The molecule has 2 aliphatic rings. The molecule has 3 atom stereocenters. The highest BCUT2D eigenvalue weighted by molar-refractivity contribution is 8.01. The van der Waals surface area contributed by atoms with E-state index in [1.54, 1.807) is 31.3 Å². The maximum atomic E-state index is 12.8. The lowest BCUT2D eigenvalue weighted by Gasteiger charge is -2.49. The number of carbonyl (C=O) groups is 4. The molecule has 0 bridgehead atoms. The van der Waals surface area contributed by atoms with Gasteiger partial charge < -0.3 is 21.5 Å². The van der Waals surface area contributed by atoms with Crippen molar-refractivity contribution in [2.75, 3.05) is 16.8 Å². The van der Waals surface area contributed by atoms with Gasteiger partial charge in [0.1, 0.15) is 23.2 Å². The zero-order chi connectivity index (χ0) is 24.4. The Balaban J connectivity index is 1.45. The summed E-state index contributed by atoms with van der Waals surface area (Å²) in [6.45, 7) is 0. The lowest BCUT2D eigenvalue weighted by atomic mass is 10.0. The van der Waals surface area contributed by atoms with Crippen molar-refractivity contribution in [3.05, 3.63) is 41.1 Å². The maximum Gasteiger partial charge on any atom is 0.352 e. The molecule has 0 radical (unpaired) electrons. The smallest absolute Gasteiger partial charge is 0.352 e. The van der Waals surface area contributed by atoms with Crippen LogP contribution in [0, 0.1) is 0 Å². The summed E-state index contributed by atoms with van der Waals surface area (Å²) in [6.07, 6.45) is 0.511. The van der Waals surface area contributed by atoms with Crippen molar-refractivity contribution < 1.29 is 24.3 Å². The fourth-order valence-electron chi connectivity index (χ4n) is 3.57. The minimum Gasteiger partial charge on any atom is -0.477 e. The van der Waals surface area contributed by atoms with Crippen molar-refractivity contribution in [1.29, 1.82) is 0 Å². The molecular formula is C19H20N8O5S2. The van der Waals surface area contributed by atoms with E-state index < -0.39 is 35.2 Å². The zero-order valence-electron chi connectivity index (χ0n) is 17.7. The van der Waals surface area contributed by atoms with Crippen LogP contribution in [0.2, 0.25) is 0 Å². The molecule has 15 heteroatoms. The van der Waals surface area contributed by atoms with Crippen molar-refractivity contribution in [3.8, 4) is 0 Å². The third kappa shape index (κ3) is 4.49. The number of aliphatic carboxylic acids is 1. The number of benzene rings is 1. The van der Waals surface area contributed by atoms with E-state index in [9.17, 15) is 24.3 Å². The minimum atomic E-state index is -1.22. The van der Waals surface area contributed by atoms with Gasteiger partial charge in [0.05, 0.1) is 0 Å². The van der Waals surface area contributed by atoms with Gasteiger partial charge in [-0.05, 0) is 33.7 Å². The molecule has 0 spiro atoms. The number of nitrogens with zero attached hydrogens (tertiary/aromatic N) is 5. The number of nitrogens with two attached hydrogens (primary N) is 1. The number of carboxylic acids is 1. The average Bonchev–Trinajstić information content (AvgIpc) is 3.24. The predicted molar refractivity (Wildman–Crippen MR) is 122 cm³/mol. The van der Waals surface area contributed by atoms with Gasteiger partial charge in [0.15, 0.2) is 0 Å². The van der Waals surface area contributed by atoms with Crippen molar-refractivity contribution in [2.24, 2.45) is 12.8 Å².